The van der Waals surface area contributed by atoms with Crippen LogP contribution < -0.4 is 5.32 Å². The van der Waals surface area contributed by atoms with Gasteiger partial charge in [-0.1, -0.05) is 18.6 Å². The van der Waals surface area contributed by atoms with E-state index in [9.17, 15) is 9.18 Å². The number of aryl methyl sites for hydroxylation is 1. The molecule has 1 amide bonds. The number of para-hydroxylation sites is 1. The maximum Gasteiger partial charge on any atom is 0.224 e. The van der Waals surface area contributed by atoms with E-state index in [1.807, 2.05) is 13.8 Å². The molecule has 2 aromatic rings. The molecule has 3 aliphatic carbocycles. The number of aromatic nitrogens is 2. The Kier molecular flexibility index (Phi) is 4.29. The number of nitrogens with one attached hydrogen (secondary N) is 1. The van der Waals surface area contributed by atoms with Crippen LogP contribution in [0.3, 0.4) is 0 Å². The Hall–Kier alpha value is -2.17. The number of nitrogens with zero attached hydrogens (tertiary/aromatic N) is 2. The summed E-state index contributed by atoms with van der Waals surface area (Å²) in [7, 11) is 0. The Labute approximate surface area is 165 Å². The van der Waals surface area contributed by atoms with Gasteiger partial charge in [0.25, 0.3) is 0 Å². The van der Waals surface area contributed by atoms with Crippen molar-refractivity contribution in [2.24, 2.45) is 23.7 Å². The second kappa shape index (κ2) is 6.71. The van der Waals surface area contributed by atoms with Gasteiger partial charge < -0.3 is 5.32 Å². The third kappa shape index (κ3) is 2.78. The molecular weight excluding hydrogens is 353 g/mol. The van der Waals surface area contributed by atoms with E-state index in [1.54, 1.807) is 22.9 Å². The zero-order valence-corrected chi connectivity index (χ0v) is 16.6. The molecule has 28 heavy (non-hydrogen) atoms. The van der Waals surface area contributed by atoms with E-state index in [2.05, 4.69) is 10.4 Å². The Morgan fingerprint density at radius 2 is 1.96 bits per heavy atom. The summed E-state index contributed by atoms with van der Waals surface area (Å²) in [6, 6.07) is 6.96. The molecule has 1 N–H and O–H groups in total. The molecule has 1 heterocycles. The summed E-state index contributed by atoms with van der Waals surface area (Å²) in [5, 5.41) is 7.84. The van der Waals surface area contributed by atoms with Crippen molar-refractivity contribution in [2.75, 3.05) is 0 Å². The van der Waals surface area contributed by atoms with Crippen LogP contribution in [0.2, 0.25) is 0 Å². The quantitative estimate of drug-likeness (QED) is 0.866. The maximum absolute atomic E-state index is 14.2. The minimum atomic E-state index is -0.308. The van der Waals surface area contributed by atoms with Gasteiger partial charge in [-0.25, -0.2) is 9.07 Å². The molecule has 0 saturated heterocycles. The second-order valence-corrected chi connectivity index (χ2v) is 9.02. The van der Waals surface area contributed by atoms with E-state index in [-0.39, 0.29) is 11.7 Å². The number of carbonyl (C=O) groups is 1. The zero-order chi connectivity index (χ0) is 19.4. The van der Waals surface area contributed by atoms with Crippen molar-refractivity contribution in [3.05, 3.63) is 47.0 Å². The van der Waals surface area contributed by atoms with Gasteiger partial charge in [0, 0.05) is 17.3 Å². The number of hydrogen-bond donors (Lipinski definition) is 1. The van der Waals surface area contributed by atoms with E-state index >= 15 is 0 Å². The third-order valence-electron chi connectivity index (χ3n) is 7.63. The van der Waals surface area contributed by atoms with Crippen molar-refractivity contribution in [1.29, 1.82) is 0 Å². The Morgan fingerprint density at radius 1 is 1.18 bits per heavy atom. The zero-order valence-electron chi connectivity index (χ0n) is 16.6. The summed E-state index contributed by atoms with van der Waals surface area (Å²) in [5.74, 6) is 3.06. The second-order valence-electron chi connectivity index (χ2n) is 9.02. The van der Waals surface area contributed by atoms with E-state index in [0.717, 1.165) is 41.1 Å². The minimum Gasteiger partial charge on any atom is -0.353 e. The number of carbonyl (C=O) groups excluding carboxylic acids is 1. The Bertz CT molecular complexity index is 921. The molecule has 0 aliphatic heterocycles. The van der Waals surface area contributed by atoms with Gasteiger partial charge in [0.2, 0.25) is 5.91 Å². The molecular formula is C23H28FN3O. The number of amides is 1. The van der Waals surface area contributed by atoms with Crippen molar-refractivity contribution in [2.45, 2.75) is 58.4 Å². The molecule has 0 spiro atoms. The van der Waals surface area contributed by atoms with Crippen molar-refractivity contribution in [3.63, 3.8) is 0 Å². The van der Waals surface area contributed by atoms with Crippen LogP contribution in [0.5, 0.6) is 0 Å². The summed E-state index contributed by atoms with van der Waals surface area (Å²) in [6.45, 7) is 3.81. The first-order valence-electron chi connectivity index (χ1n) is 10.6. The Morgan fingerprint density at radius 3 is 2.79 bits per heavy atom. The van der Waals surface area contributed by atoms with Crippen LogP contribution in [0.15, 0.2) is 24.3 Å². The highest BCUT2D eigenvalue weighted by Gasteiger charge is 2.54. The SMILES string of the molecule is Cc1nn(-c2ccccc2F)c(C)c1CC(=O)N[C@H]1C[C@H]2C[C@@H]1[C@H]1CCC[C@H]21. The first-order valence-corrected chi connectivity index (χ1v) is 10.6. The smallest absolute Gasteiger partial charge is 0.224 e. The molecule has 148 valence electrons. The third-order valence-corrected chi connectivity index (χ3v) is 7.63. The lowest BCUT2D eigenvalue weighted by molar-refractivity contribution is -0.121. The summed E-state index contributed by atoms with van der Waals surface area (Å²) in [4.78, 5) is 12.8. The molecule has 3 fully saturated rings. The van der Waals surface area contributed by atoms with Crippen LogP contribution in [-0.4, -0.2) is 21.7 Å². The van der Waals surface area contributed by atoms with Crippen molar-refractivity contribution in [3.8, 4) is 5.69 Å². The fraction of sp³-hybridized carbons (Fsp3) is 0.565. The highest BCUT2D eigenvalue weighted by molar-refractivity contribution is 5.79. The topological polar surface area (TPSA) is 46.9 Å². The van der Waals surface area contributed by atoms with Crippen LogP contribution >= 0.6 is 0 Å². The molecule has 1 aromatic carbocycles. The molecule has 0 unspecified atom stereocenters. The largest absolute Gasteiger partial charge is 0.353 e. The monoisotopic (exact) mass is 381 g/mol. The predicted octanol–water partition coefficient (Wildman–Crippen LogP) is 4.11. The highest BCUT2D eigenvalue weighted by Crippen LogP contribution is 2.58. The molecule has 0 radical (unpaired) electrons. The molecule has 5 atom stereocenters. The van der Waals surface area contributed by atoms with Crippen LogP contribution in [0.4, 0.5) is 4.39 Å². The fourth-order valence-corrected chi connectivity index (χ4v) is 6.44. The number of rotatable bonds is 4. The summed E-state index contributed by atoms with van der Waals surface area (Å²) >= 11 is 0. The molecule has 1 aromatic heterocycles. The molecule has 4 nitrogen and oxygen atoms in total. The Balaban J connectivity index is 1.30. The molecule has 5 heteroatoms. The number of halogens is 1. The lowest BCUT2D eigenvalue weighted by atomic mass is 9.79. The van der Waals surface area contributed by atoms with E-state index < -0.39 is 0 Å². The van der Waals surface area contributed by atoms with E-state index in [0.29, 0.717) is 24.1 Å². The van der Waals surface area contributed by atoms with Gasteiger partial charge in [0.05, 0.1) is 12.1 Å². The molecule has 3 aliphatic rings. The van der Waals surface area contributed by atoms with Crippen LogP contribution in [0.1, 0.15) is 49.1 Å². The van der Waals surface area contributed by atoms with Gasteiger partial charge in [0.15, 0.2) is 0 Å². The molecule has 2 bridgehead atoms. The fourth-order valence-electron chi connectivity index (χ4n) is 6.44. The van der Waals surface area contributed by atoms with Gasteiger partial charge in [-0.05, 0) is 75.3 Å². The lowest BCUT2D eigenvalue weighted by Crippen LogP contribution is -2.43. The summed E-state index contributed by atoms with van der Waals surface area (Å²) < 4.78 is 15.8. The number of benzene rings is 1. The molecule has 5 rings (SSSR count). The van der Waals surface area contributed by atoms with Crippen molar-refractivity contribution in [1.82, 2.24) is 15.1 Å². The van der Waals surface area contributed by atoms with Crippen molar-refractivity contribution >= 4 is 5.91 Å². The highest BCUT2D eigenvalue weighted by atomic mass is 19.1. The van der Waals surface area contributed by atoms with Gasteiger partial charge in [-0.15, -0.1) is 0 Å². The van der Waals surface area contributed by atoms with Crippen molar-refractivity contribution < 1.29 is 9.18 Å². The first-order chi connectivity index (χ1) is 13.5. The van der Waals surface area contributed by atoms with Gasteiger partial charge in [0.1, 0.15) is 11.5 Å². The van der Waals surface area contributed by atoms with Gasteiger partial charge >= 0.3 is 0 Å². The number of fused-ring (bicyclic) bond motifs is 5. The van der Waals surface area contributed by atoms with Crippen LogP contribution in [-0.2, 0) is 11.2 Å². The van der Waals surface area contributed by atoms with Gasteiger partial charge in [-0.2, -0.15) is 5.10 Å². The van der Waals surface area contributed by atoms with Crippen LogP contribution in [0.25, 0.3) is 5.69 Å². The predicted molar refractivity (Wildman–Crippen MR) is 106 cm³/mol. The summed E-state index contributed by atoms with van der Waals surface area (Å²) in [5.41, 5.74) is 2.96. The lowest BCUT2D eigenvalue weighted by Gasteiger charge is -2.32. The van der Waals surface area contributed by atoms with E-state index in [4.69, 9.17) is 0 Å². The number of hydrogen-bond acceptors (Lipinski definition) is 2. The molecule has 3 saturated carbocycles. The maximum atomic E-state index is 14.2. The average molecular weight is 381 g/mol. The summed E-state index contributed by atoms with van der Waals surface area (Å²) in [6.07, 6.45) is 6.91. The van der Waals surface area contributed by atoms with Gasteiger partial charge in [-0.3, -0.25) is 4.79 Å². The minimum absolute atomic E-state index is 0.0754. The first kappa shape index (κ1) is 17.9. The van der Waals surface area contributed by atoms with Crippen LogP contribution in [0, 0.1) is 43.3 Å². The average Bonchev–Trinajstić information content (AvgIpc) is 3.41. The normalized spacial score (nSPS) is 30.6. The van der Waals surface area contributed by atoms with E-state index in [1.165, 1.54) is 31.7 Å². The standard InChI is InChI=1S/C23H28FN3O/c1-13-18(14(2)27(26-13)22-9-4-3-8-20(22)24)12-23(28)25-21-11-15-10-19(21)17-7-5-6-16(15)17/h3-4,8-9,15-17,19,21H,5-7,10-12H2,1-2H3,(H,25,28)/t15-,16-,17+,19-,21+/m1/s1.